The van der Waals surface area contributed by atoms with Crippen molar-refractivity contribution in [3.8, 4) is 5.75 Å². The Morgan fingerprint density at radius 2 is 1.65 bits per heavy atom. The predicted molar refractivity (Wildman–Crippen MR) is 106 cm³/mol. The van der Waals surface area contributed by atoms with Crippen molar-refractivity contribution in [1.82, 2.24) is 5.43 Å². The van der Waals surface area contributed by atoms with Crippen LogP contribution in [0.25, 0.3) is 0 Å². The van der Waals surface area contributed by atoms with Crippen molar-refractivity contribution >= 4 is 23.0 Å². The number of amides is 1. The molecule has 0 aliphatic rings. The fourth-order valence-electron chi connectivity index (χ4n) is 2.46. The molecule has 0 fully saturated rings. The molecule has 4 nitrogen and oxygen atoms in total. The monoisotopic (exact) mass is 364 g/mol. The minimum atomic E-state index is -0.236. The van der Waals surface area contributed by atoms with E-state index in [1.54, 1.807) is 35.6 Å². The number of rotatable bonds is 5. The van der Waals surface area contributed by atoms with Crippen molar-refractivity contribution in [3.63, 3.8) is 0 Å². The van der Waals surface area contributed by atoms with E-state index >= 15 is 0 Å². The summed E-state index contributed by atoms with van der Waals surface area (Å²) in [6.45, 7) is 4.20. The van der Waals surface area contributed by atoms with E-state index in [0.717, 1.165) is 11.1 Å². The van der Waals surface area contributed by atoms with Gasteiger partial charge < -0.3 is 5.11 Å². The molecule has 0 aliphatic heterocycles. The summed E-state index contributed by atoms with van der Waals surface area (Å²) in [7, 11) is 0. The molecule has 0 bridgehead atoms. The highest BCUT2D eigenvalue weighted by atomic mass is 32.1. The number of benzene rings is 2. The summed E-state index contributed by atoms with van der Waals surface area (Å²) in [5, 5.41) is 15.7. The molecule has 3 aromatic rings. The van der Waals surface area contributed by atoms with Gasteiger partial charge in [-0.2, -0.15) is 5.10 Å². The molecular formula is C21H20N2O2S. The maximum atomic E-state index is 12.5. The second-order valence-electron chi connectivity index (χ2n) is 6.21. The Hall–Kier alpha value is -2.92. The summed E-state index contributed by atoms with van der Waals surface area (Å²) in [6, 6.07) is 18.3. The van der Waals surface area contributed by atoms with E-state index in [0.29, 0.717) is 17.2 Å². The van der Waals surface area contributed by atoms with E-state index in [-0.39, 0.29) is 11.7 Å². The van der Waals surface area contributed by atoms with Gasteiger partial charge in [0.2, 0.25) is 0 Å². The molecule has 26 heavy (non-hydrogen) atoms. The Morgan fingerprint density at radius 1 is 1.00 bits per heavy atom. The minimum Gasteiger partial charge on any atom is -0.508 e. The van der Waals surface area contributed by atoms with Crippen LogP contribution >= 0.6 is 11.3 Å². The first-order valence-electron chi connectivity index (χ1n) is 8.36. The van der Waals surface area contributed by atoms with Gasteiger partial charge in [-0.25, -0.2) is 5.43 Å². The lowest BCUT2D eigenvalue weighted by Crippen LogP contribution is -2.20. The van der Waals surface area contributed by atoms with Crippen LogP contribution in [0.5, 0.6) is 5.75 Å². The van der Waals surface area contributed by atoms with Gasteiger partial charge in [0, 0.05) is 21.4 Å². The van der Waals surface area contributed by atoms with Crippen LogP contribution in [0.1, 0.15) is 46.1 Å². The van der Waals surface area contributed by atoms with Crippen molar-refractivity contribution in [2.24, 2.45) is 5.10 Å². The van der Waals surface area contributed by atoms with Gasteiger partial charge >= 0.3 is 0 Å². The zero-order chi connectivity index (χ0) is 18.5. The molecular weight excluding hydrogens is 344 g/mol. The second-order valence-corrected chi connectivity index (χ2v) is 7.15. The molecule has 3 rings (SSSR count). The van der Waals surface area contributed by atoms with Crippen LogP contribution in [-0.2, 0) is 0 Å². The van der Waals surface area contributed by atoms with Crippen LogP contribution in [0.15, 0.2) is 71.1 Å². The highest BCUT2D eigenvalue weighted by Gasteiger charge is 2.12. The Bertz CT molecular complexity index is 913. The zero-order valence-corrected chi connectivity index (χ0v) is 15.5. The molecule has 1 heterocycles. The number of nitrogens with zero attached hydrogens (tertiary/aromatic N) is 1. The van der Waals surface area contributed by atoms with Crippen LogP contribution in [-0.4, -0.2) is 16.7 Å². The Morgan fingerprint density at radius 3 is 2.27 bits per heavy atom. The topological polar surface area (TPSA) is 61.7 Å². The van der Waals surface area contributed by atoms with Crippen molar-refractivity contribution in [2.75, 3.05) is 0 Å². The van der Waals surface area contributed by atoms with Crippen LogP contribution in [0.4, 0.5) is 0 Å². The third-order valence-electron chi connectivity index (χ3n) is 3.91. The van der Waals surface area contributed by atoms with E-state index in [9.17, 15) is 9.90 Å². The molecule has 0 radical (unpaired) electrons. The van der Waals surface area contributed by atoms with Crippen molar-refractivity contribution < 1.29 is 9.90 Å². The van der Waals surface area contributed by atoms with E-state index in [4.69, 9.17) is 0 Å². The smallest absolute Gasteiger partial charge is 0.272 e. The molecule has 0 saturated heterocycles. The Kier molecular flexibility index (Phi) is 5.49. The number of phenolic OH excluding ortho intramolecular Hbond substituents is 1. The molecule has 0 spiro atoms. The number of hydrogen-bond donors (Lipinski definition) is 2. The predicted octanol–water partition coefficient (Wildman–Crippen LogP) is 4.76. The van der Waals surface area contributed by atoms with Crippen LogP contribution in [0.2, 0.25) is 0 Å². The quantitative estimate of drug-likeness (QED) is 0.506. The molecule has 1 amide bonds. The first-order chi connectivity index (χ1) is 12.5. The van der Waals surface area contributed by atoms with E-state index in [2.05, 4.69) is 24.4 Å². The fraction of sp³-hybridized carbons (Fsp3) is 0.143. The van der Waals surface area contributed by atoms with Gasteiger partial charge in [0.15, 0.2) is 0 Å². The van der Waals surface area contributed by atoms with Crippen LogP contribution < -0.4 is 5.43 Å². The van der Waals surface area contributed by atoms with Gasteiger partial charge in [-0.15, -0.1) is 11.3 Å². The van der Waals surface area contributed by atoms with Gasteiger partial charge in [-0.05, 0) is 36.2 Å². The van der Waals surface area contributed by atoms with E-state index in [1.807, 2.05) is 41.8 Å². The summed E-state index contributed by atoms with van der Waals surface area (Å²) in [5.41, 5.74) is 5.59. The number of thiophene rings is 1. The lowest BCUT2D eigenvalue weighted by atomic mass is 10.0. The number of hydrazone groups is 1. The number of carbonyl (C=O) groups is 1. The van der Waals surface area contributed by atoms with Gasteiger partial charge in [0.1, 0.15) is 5.75 Å². The zero-order valence-electron chi connectivity index (χ0n) is 14.6. The minimum absolute atomic E-state index is 0.185. The summed E-state index contributed by atoms with van der Waals surface area (Å²) in [6.07, 6.45) is 0. The summed E-state index contributed by atoms with van der Waals surface area (Å²) < 4.78 is 0. The largest absolute Gasteiger partial charge is 0.508 e. The highest BCUT2D eigenvalue weighted by molar-refractivity contribution is 7.10. The normalized spacial score (nSPS) is 11.6. The molecule has 0 atom stereocenters. The van der Waals surface area contributed by atoms with Crippen LogP contribution in [0, 0.1) is 0 Å². The first-order valence-corrected chi connectivity index (χ1v) is 9.24. The summed E-state index contributed by atoms with van der Waals surface area (Å²) in [4.78, 5) is 13.6. The van der Waals surface area contributed by atoms with Gasteiger partial charge in [0.25, 0.3) is 5.91 Å². The maximum Gasteiger partial charge on any atom is 0.272 e. The average molecular weight is 364 g/mol. The maximum absolute atomic E-state index is 12.5. The molecule has 1 aromatic heterocycles. The fourth-order valence-corrected chi connectivity index (χ4v) is 3.36. The van der Waals surface area contributed by atoms with Crippen molar-refractivity contribution in [2.45, 2.75) is 19.8 Å². The molecule has 132 valence electrons. The lowest BCUT2D eigenvalue weighted by molar-refractivity contribution is 0.0955. The molecule has 2 N–H and O–H groups in total. The molecule has 0 aliphatic carbocycles. The number of aromatic hydroxyl groups is 1. The number of carbonyl (C=O) groups excluding carboxylic acids is 1. The van der Waals surface area contributed by atoms with E-state index < -0.39 is 0 Å². The first kappa shape index (κ1) is 17.9. The van der Waals surface area contributed by atoms with Crippen molar-refractivity contribution in [1.29, 1.82) is 0 Å². The van der Waals surface area contributed by atoms with Gasteiger partial charge in [-0.3, -0.25) is 4.79 Å². The number of hydrogen-bond acceptors (Lipinski definition) is 4. The van der Waals surface area contributed by atoms with Crippen molar-refractivity contribution in [3.05, 3.63) is 87.6 Å². The third kappa shape index (κ3) is 4.18. The number of nitrogens with one attached hydrogen (secondary N) is 1. The van der Waals surface area contributed by atoms with Crippen LogP contribution in [0.3, 0.4) is 0 Å². The highest BCUT2D eigenvalue weighted by Crippen LogP contribution is 2.23. The summed E-state index contributed by atoms with van der Waals surface area (Å²) in [5.74, 6) is 0.340. The average Bonchev–Trinajstić information content (AvgIpc) is 3.15. The molecule has 0 unspecified atom stereocenters. The lowest BCUT2D eigenvalue weighted by Gasteiger charge is -2.08. The van der Waals surface area contributed by atoms with Gasteiger partial charge in [0.05, 0.1) is 11.3 Å². The Labute approximate surface area is 156 Å². The van der Waals surface area contributed by atoms with E-state index in [1.165, 1.54) is 4.88 Å². The molecule has 5 heteroatoms. The molecule has 2 aromatic carbocycles. The standard InChI is InChI=1S/C21H20N2O2S/c1-14(2)19-12-17(13-26-19)21(25)23-22-20(15-6-4-3-5-7-15)16-8-10-18(24)11-9-16/h3-14,24H,1-2H3,(H,23,25). The second kappa shape index (κ2) is 7.97. The third-order valence-corrected chi connectivity index (χ3v) is 5.14. The Balaban J connectivity index is 1.88. The molecule has 0 saturated carbocycles. The SMILES string of the molecule is CC(C)c1cc(C(=O)NN=C(c2ccccc2)c2ccc(O)cc2)cs1. The number of phenols is 1. The van der Waals surface area contributed by atoms with Gasteiger partial charge in [-0.1, -0.05) is 44.2 Å². The summed E-state index contributed by atoms with van der Waals surface area (Å²) >= 11 is 1.58.